The smallest absolute Gasteiger partial charge is 0.155 e. The lowest BCUT2D eigenvalue weighted by Crippen LogP contribution is -2.24. The van der Waals surface area contributed by atoms with E-state index in [2.05, 4.69) is 10.1 Å². The number of hydrogen-bond donors (Lipinski definition) is 2. The number of aliphatic hydroxyl groups is 1. The molecule has 2 rings (SSSR count). The molecule has 3 N–H and O–H groups in total. The molecule has 14 heavy (non-hydrogen) atoms. The maximum absolute atomic E-state index is 9.71. The van der Waals surface area contributed by atoms with Crippen LogP contribution in [0.3, 0.4) is 0 Å². The molecule has 0 saturated carbocycles. The van der Waals surface area contributed by atoms with Crippen LogP contribution in [0.2, 0.25) is 0 Å². The van der Waals surface area contributed by atoms with E-state index < -0.39 is 6.10 Å². The largest absolute Gasteiger partial charge is 0.387 e. The van der Waals surface area contributed by atoms with Gasteiger partial charge in [0, 0.05) is 17.8 Å². The van der Waals surface area contributed by atoms with Crippen molar-refractivity contribution in [3.8, 4) is 0 Å². The molecule has 0 fully saturated rings. The third-order valence-corrected chi connectivity index (χ3v) is 2.14. The highest BCUT2D eigenvalue weighted by Gasteiger charge is 2.12. The van der Waals surface area contributed by atoms with Gasteiger partial charge in [0.1, 0.15) is 6.33 Å². The van der Waals surface area contributed by atoms with Gasteiger partial charge >= 0.3 is 0 Å². The Morgan fingerprint density at radius 2 is 2.29 bits per heavy atom. The minimum Gasteiger partial charge on any atom is -0.387 e. The van der Waals surface area contributed by atoms with Crippen LogP contribution in [-0.4, -0.2) is 25.7 Å². The topological polar surface area (TPSA) is 76.4 Å². The molecule has 74 valence electrons. The highest BCUT2D eigenvalue weighted by Crippen LogP contribution is 2.15. The zero-order valence-electron chi connectivity index (χ0n) is 7.83. The second-order valence-electron chi connectivity index (χ2n) is 3.33. The highest BCUT2D eigenvalue weighted by atomic mass is 16.3. The lowest BCUT2D eigenvalue weighted by molar-refractivity contribution is 0.153. The van der Waals surface area contributed by atoms with Crippen LogP contribution in [0.15, 0.2) is 24.7 Å². The molecule has 2 unspecified atom stereocenters. The molecule has 0 aromatic carbocycles. The molecule has 0 aliphatic carbocycles. The Morgan fingerprint density at radius 3 is 3.00 bits per heavy atom. The Balaban J connectivity index is 2.43. The van der Waals surface area contributed by atoms with Crippen molar-refractivity contribution < 1.29 is 5.11 Å². The van der Waals surface area contributed by atoms with E-state index in [4.69, 9.17) is 5.73 Å². The van der Waals surface area contributed by atoms with E-state index in [9.17, 15) is 5.11 Å². The summed E-state index contributed by atoms with van der Waals surface area (Å²) >= 11 is 0. The average Bonchev–Trinajstić information content (AvgIpc) is 2.62. The first kappa shape index (κ1) is 9.11. The van der Waals surface area contributed by atoms with Gasteiger partial charge in [-0.05, 0) is 13.0 Å². The number of aromatic nitrogens is 3. The minimum absolute atomic E-state index is 0.295. The first-order chi connectivity index (χ1) is 6.68. The normalized spacial score (nSPS) is 15.6. The van der Waals surface area contributed by atoms with E-state index >= 15 is 0 Å². The first-order valence-electron chi connectivity index (χ1n) is 4.41. The number of pyridine rings is 1. The Morgan fingerprint density at radius 1 is 1.50 bits per heavy atom. The number of aliphatic hydroxyl groups excluding tert-OH is 1. The minimum atomic E-state index is -0.663. The summed E-state index contributed by atoms with van der Waals surface area (Å²) in [5.74, 6) is 0. The van der Waals surface area contributed by atoms with Gasteiger partial charge in [-0.15, -0.1) is 0 Å². The zero-order valence-corrected chi connectivity index (χ0v) is 7.83. The fraction of sp³-hybridized carbons (Fsp3) is 0.333. The maximum atomic E-state index is 9.71. The molecule has 0 aliphatic rings. The molecule has 0 aliphatic heterocycles. The van der Waals surface area contributed by atoms with E-state index in [0.29, 0.717) is 0 Å². The Hall–Kier alpha value is -1.46. The van der Waals surface area contributed by atoms with Crippen LogP contribution in [0.1, 0.15) is 18.6 Å². The SMILES string of the molecule is CC(N)C(O)c1ccc2ncnn2c1. The molecular formula is C9H12N4O. The van der Waals surface area contributed by atoms with Crippen LogP contribution < -0.4 is 5.73 Å². The van der Waals surface area contributed by atoms with E-state index in [1.807, 2.05) is 0 Å². The van der Waals surface area contributed by atoms with Gasteiger partial charge in [-0.1, -0.05) is 6.07 Å². The third-order valence-electron chi connectivity index (χ3n) is 2.14. The molecule has 0 bridgehead atoms. The molecule has 5 nitrogen and oxygen atoms in total. The van der Waals surface area contributed by atoms with Crippen molar-refractivity contribution in [3.05, 3.63) is 30.2 Å². The van der Waals surface area contributed by atoms with E-state index in [-0.39, 0.29) is 6.04 Å². The van der Waals surface area contributed by atoms with Gasteiger partial charge in [0.05, 0.1) is 6.10 Å². The lowest BCUT2D eigenvalue weighted by atomic mass is 10.1. The second kappa shape index (κ2) is 3.36. The standard InChI is InChI=1S/C9H12N4O/c1-6(10)9(14)7-2-3-8-11-5-12-13(8)4-7/h2-6,9,14H,10H2,1H3. The van der Waals surface area contributed by atoms with Crippen LogP contribution in [0, 0.1) is 0 Å². The number of rotatable bonds is 2. The van der Waals surface area contributed by atoms with Crippen molar-refractivity contribution >= 4 is 5.65 Å². The van der Waals surface area contributed by atoms with Crippen molar-refractivity contribution in [2.45, 2.75) is 19.1 Å². The maximum Gasteiger partial charge on any atom is 0.155 e. The van der Waals surface area contributed by atoms with Crippen molar-refractivity contribution in [1.29, 1.82) is 0 Å². The predicted octanol–water partition coefficient (Wildman–Crippen LogP) is 0.110. The molecular weight excluding hydrogens is 180 g/mol. The molecule has 0 radical (unpaired) electrons. The summed E-state index contributed by atoms with van der Waals surface area (Å²) < 4.78 is 1.61. The summed E-state index contributed by atoms with van der Waals surface area (Å²) in [4.78, 5) is 4.00. The fourth-order valence-corrected chi connectivity index (χ4v) is 1.31. The van der Waals surface area contributed by atoms with Crippen molar-refractivity contribution in [2.75, 3.05) is 0 Å². The average molecular weight is 192 g/mol. The van der Waals surface area contributed by atoms with Crippen LogP contribution >= 0.6 is 0 Å². The summed E-state index contributed by atoms with van der Waals surface area (Å²) in [5.41, 5.74) is 7.10. The molecule has 2 heterocycles. The van der Waals surface area contributed by atoms with E-state index in [1.165, 1.54) is 6.33 Å². The van der Waals surface area contributed by atoms with Gasteiger partial charge in [-0.3, -0.25) is 0 Å². The van der Waals surface area contributed by atoms with Gasteiger partial charge in [-0.2, -0.15) is 5.10 Å². The van der Waals surface area contributed by atoms with Crippen LogP contribution in [-0.2, 0) is 0 Å². The number of fused-ring (bicyclic) bond motifs is 1. The monoisotopic (exact) mass is 192 g/mol. The molecule has 0 spiro atoms. The zero-order chi connectivity index (χ0) is 10.1. The first-order valence-corrected chi connectivity index (χ1v) is 4.41. The number of hydrogen-bond acceptors (Lipinski definition) is 4. The van der Waals surface area contributed by atoms with E-state index in [1.54, 1.807) is 29.8 Å². The molecule has 0 saturated heterocycles. The van der Waals surface area contributed by atoms with Gasteiger partial charge < -0.3 is 10.8 Å². The molecule has 5 heteroatoms. The summed E-state index contributed by atoms with van der Waals surface area (Å²) in [6, 6.07) is 3.31. The Labute approximate surface area is 81.2 Å². The molecule has 0 amide bonds. The van der Waals surface area contributed by atoms with Crippen LogP contribution in [0.4, 0.5) is 0 Å². The summed E-state index contributed by atoms with van der Waals surface area (Å²) in [6.07, 6.45) is 2.54. The quantitative estimate of drug-likeness (QED) is 0.708. The van der Waals surface area contributed by atoms with Gasteiger partial charge in [-0.25, -0.2) is 9.50 Å². The lowest BCUT2D eigenvalue weighted by Gasteiger charge is -2.14. The third kappa shape index (κ3) is 1.47. The number of nitrogens with two attached hydrogens (primary N) is 1. The molecule has 2 aromatic heterocycles. The fourth-order valence-electron chi connectivity index (χ4n) is 1.31. The molecule has 2 atom stereocenters. The van der Waals surface area contributed by atoms with Gasteiger partial charge in [0.25, 0.3) is 0 Å². The Kier molecular flexibility index (Phi) is 2.18. The van der Waals surface area contributed by atoms with Crippen molar-refractivity contribution in [3.63, 3.8) is 0 Å². The summed E-state index contributed by atoms with van der Waals surface area (Å²) in [5, 5.41) is 13.7. The van der Waals surface area contributed by atoms with Crippen LogP contribution in [0.5, 0.6) is 0 Å². The van der Waals surface area contributed by atoms with Gasteiger partial charge in [0.2, 0.25) is 0 Å². The van der Waals surface area contributed by atoms with Crippen molar-refractivity contribution in [1.82, 2.24) is 14.6 Å². The predicted molar refractivity (Wildman–Crippen MR) is 51.6 cm³/mol. The van der Waals surface area contributed by atoms with E-state index in [0.717, 1.165) is 11.2 Å². The van der Waals surface area contributed by atoms with Gasteiger partial charge in [0.15, 0.2) is 5.65 Å². The molecule has 2 aromatic rings. The second-order valence-corrected chi connectivity index (χ2v) is 3.33. The highest BCUT2D eigenvalue weighted by molar-refractivity contribution is 5.37. The number of nitrogens with zero attached hydrogens (tertiary/aromatic N) is 3. The van der Waals surface area contributed by atoms with Crippen LogP contribution in [0.25, 0.3) is 5.65 Å². The Bertz CT molecular complexity index is 437. The van der Waals surface area contributed by atoms with Crippen molar-refractivity contribution in [2.24, 2.45) is 5.73 Å². The summed E-state index contributed by atoms with van der Waals surface area (Å²) in [6.45, 7) is 1.76. The summed E-state index contributed by atoms with van der Waals surface area (Å²) in [7, 11) is 0.